The Morgan fingerprint density at radius 2 is 1.59 bits per heavy atom. The largest absolute Gasteiger partial charge is 0.490 e. The van der Waals surface area contributed by atoms with Gasteiger partial charge in [0, 0.05) is 41.1 Å². The number of halogens is 3. The lowest BCUT2D eigenvalue weighted by Gasteiger charge is -2.39. The molecule has 0 radical (unpaired) electrons. The van der Waals surface area contributed by atoms with E-state index in [1.165, 1.54) is 16.5 Å². The summed E-state index contributed by atoms with van der Waals surface area (Å²) < 4.78 is 45.2. The smallest absolute Gasteiger partial charge is 0.416 e. The quantitative estimate of drug-likeness (QED) is 0.287. The van der Waals surface area contributed by atoms with Crippen LogP contribution in [0.1, 0.15) is 73.5 Å². The molecule has 0 N–H and O–H groups in total. The molecule has 0 spiro atoms. The van der Waals surface area contributed by atoms with E-state index >= 15 is 0 Å². The molecule has 3 nitrogen and oxygen atoms in total. The number of amides is 1. The third-order valence-corrected chi connectivity index (χ3v) is 8.82. The number of fused-ring (bicyclic) bond motifs is 2. The molecule has 0 aliphatic carbocycles. The Kier molecular flexibility index (Phi) is 7.73. The summed E-state index contributed by atoms with van der Waals surface area (Å²) in [6.45, 7) is 6.67. The van der Waals surface area contributed by atoms with Crippen LogP contribution in [0, 0.1) is 0 Å². The standard InChI is InChI=1S/C32H34F3NO2S/c1-31(2,3)28-9-4-5-10-29(28)39-20-21-11-13-22(14-12-21)30(37)36-24-15-16-25(36)19-27(18-24)38-26-8-6-7-23(17-26)32(33,34)35/h4-14,17,24-25,27H,15-16,18-20H2,1-3H3. The molecular weight excluding hydrogens is 519 g/mol. The zero-order valence-electron chi connectivity index (χ0n) is 22.5. The number of carbonyl (C=O) groups is 1. The number of nitrogens with zero attached hydrogens (tertiary/aromatic N) is 1. The molecule has 2 saturated heterocycles. The summed E-state index contributed by atoms with van der Waals surface area (Å²) in [7, 11) is 0. The average molecular weight is 554 g/mol. The van der Waals surface area contributed by atoms with E-state index < -0.39 is 11.7 Å². The predicted octanol–water partition coefficient (Wildman–Crippen LogP) is 8.51. The summed E-state index contributed by atoms with van der Waals surface area (Å²) in [5.74, 6) is 1.08. The summed E-state index contributed by atoms with van der Waals surface area (Å²) in [5.41, 5.74) is 2.53. The lowest BCUT2D eigenvalue weighted by molar-refractivity contribution is -0.137. The van der Waals surface area contributed by atoms with E-state index in [9.17, 15) is 18.0 Å². The van der Waals surface area contributed by atoms with E-state index in [2.05, 4.69) is 45.0 Å². The highest BCUT2D eigenvalue weighted by Crippen LogP contribution is 2.39. The molecule has 2 unspecified atom stereocenters. The minimum atomic E-state index is -4.40. The van der Waals surface area contributed by atoms with E-state index in [-0.39, 0.29) is 35.3 Å². The highest BCUT2D eigenvalue weighted by Gasteiger charge is 2.44. The summed E-state index contributed by atoms with van der Waals surface area (Å²) in [4.78, 5) is 16.7. The molecule has 3 aromatic rings. The molecule has 206 valence electrons. The Morgan fingerprint density at radius 1 is 0.923 bits per heavy atom. The predicted molar refractivity (Wildman–Crippen MR) is 149 cm³/mol. The second-order valence-electron chi connectivity index (χ2n) is 11.6. The SMILES string of the molecule is CC(C)(C)c1ccccc1SCc1ccc(C(=O)N2C3CCC2CC(Oc2cccc(C(F)(F)F)c2)C3)cc1. The van der Waals surface area contributed by atoms with Crippen molar-refractivity contribution in [3.05, 3.63) is 95.1 Å². The van der Waals surface area contributed by atoms with Crippen LogP contribution >= 0.6 is 11.8 Å². The number of rotatable bonds is 6. The molecule has 7 heteroatoms. The highest BCUT2D eigenvalue weighted by atomic mass is 32.2. The number of alkyl halides is 3. The van der Waals surface area contributed by atoms with Gasteiger partial charge in [0.05, 0.1) is 5.56 Å². The Bertz CT molecular complexity index is 1300. The average Bonchev–Trinajstić information content (AvgIpc) is 3.16. The first-order valence-electron chi connectivity index (χ1n) is 13.5. The maximum Gasteiger partial charge on any atom is 0.416 e. The minimum absolute atomic E-state index is 0.0253. The van der Waals surface area contributed by atoms with Gasteiger partial charge in [-0.2, -0.15) is 13.2 Å². The van der Waals surface area contributed by atoms with Gasteiger partial charge in [0.25, 0.3) is 5.91 Å². The van der Waals surface area contributed by atoms with Gasteiger partial charge in [-0.05, 0) is 65.8 Å². The van der Waals surface area contributed by atoms with Crippen LogP contribution in [0.4, 0.5) is 13.2 Å². The topological polar surface area (TPSA) is 29.5 Å². The van der Waals surface area contributed by atoms with Gasteiger partial charge in [-0.3, -0.25) is 4.79 Å². The fourth-order valence-electron chi connectivity index (χ4n) is 5.76. The Morgan fingerprint density at radius 3 is 2.23 bits per heavy atom. The van der Waals surface area contributed by atoms with E-state index in [0.29, 0.717) is 18.4 Å². The van der Waals surface area contributed by atoms with Gasteiger partial charge in [-0.1, -0.05) is 57.2 Å². The molecule has 0 saturated carbocycles. The number of benzene rings is 3. The first kappa shape index (κ1) is 27.6. The number of thioether (sulfide) groups is 1. The van der Waals surface area contributed by atoms with Crippen LogP contribution in [0.2, 0.25) is 0 Å². The van der Waals surface area contributed by atoms with Gasteiger partial charge in [0.1, 0.15) is 11.9 Å². The number of piperidine rings is 1. The van der Waals surface area contributed by atoms with E-state index in [0.717, 1.165) is 36.3 Å². The Hall–Kier alpha value is -2.93. The molecule has 2 atom stereocenters. The van der Waals surface area contributed by atoms with Crippen molar-refractivity contribution in [2.45, 2.75) is 86.9 Å². The van der Waals surface area contributed by atoms with Crippen molar-refractivity contribution in [3.8, 4) is 5.75 Å². The molecule has 1 amide bonds. The van der Waals surface area contributed by atoms with Crippen LogP contribution in [0.25, 0.3) is 0 Å². The van der Waals surface area contributed by atoms with E-state index in [4.69, 9.17) is 4.74 Å². The van der Waals surface area contributed by atoms with Gasteiger partial charge >= 0.3 is 6.18 Å². The van der Waals surface area contributed by atoms with Crippen molar-refractivity contribution in [3.63, 3.8) is 0 Å². The zero-order chi connectivity index (χ0) is 27.8. The van der Waals surface area contributed by atoms with Crippen molar-refractivity contribution in [2.24, 2.45) is 0 Å². The van der Waals surface area contributed by atoms with Gasteiger partial charge < -0.3 is 9.64 Å². The van der Waals surface area contributed by atoms with Crippen LogP contribution < -0.4 is 4.74 Å². The van der Waals surface area contributed by atoms with Crippen LogP contribution in [-0.4, -0.2) is 29.0 Å². The first-order chi connectivity index (χ1) is 18.5. The van der Waals surface area contributed by atoms with Gasteiger partial charge in [-0.15, -0.1) is 11.8 Å². The van der Waals surface area contributed by atoms with Crippen molar-refractivity contribution in [2.75, 3.05) is 0 Å². The Balaban J connectivity index is 1.20. The van der Waals surface area contributed by atoms with Crippen LogP contribution in [0.15, 0.2) is 77.7 Å². The van der Waals surface area contributed by atoms with Crippen molar-refractivity contribution in [1.29, 1.82) is 0 Å². The van der Waals surface area contributed by atoms with Crippen molar-refractivity contribution in [1.82, 2.24) is 4.90 Å². The molecule has 2 bridgehead atoms. The van der Waals surface area contributed by atoms with Crippen LogP contribution in [0.3, 0.4) is 0 Å². The third kappa shape index (κ3) is 6.29. The maximum absolute atomic E-state index is 13.5. The first-order valence-corrected chi connectivity index (χ1v) is 14.5. The lowest BCUT2D eigenvalue weighted by atomic mass is 9.87. The molecule has 2 heterocycles. The monoisotopic (exact) mass is 553 g/mol. The second-order valence-corrected chi connectivity index (χ2v) is 12.6. The van der Waals surface area contributed by atoms with Gasteiger partial charge in [-0.25, -0.2) is 0 Å². The molecule has 39 heavy (non-hydrogen) atoms. The number of ether oxygens (including phenoxy) is 1. The summed E-state index contributed by atoms with van der Waals surface area (Å²) >= 11 is 1.81. The van der Waals surface area contributed by atoms with Crippen molar-refractivity contribution >= 4 is 17.7 Å². The van der Waals surface area contributed by atoms with Crippen LogP contribution in [0.5, 0.6) is 5.75 Å². The molecule has 2 aliphatic rings. The lowest BCUT2D eigenvalue weighted by Crippen LogP contribution is -2.49. The maximum atomic E-state index is 13.5. The minimum Gasteiger partial charge on any atom is -0.490 e. The fourth-order valence-corrected chi connectivity index (χ4v) is 6.98. The normalized spacial score (nSPS) is 21.2. The molecular formula is C32H34F3NO2S. The molecule has 3 aromatic carbocycles. The van der Waals surface area contributed by atoms with E-state index in [1.54, 1.807) is 6.07 Å². The summed E-state index contributed by atoms with van der Waals surface area (Å²) in [6, 6.07) is 21.5. The molecule has 5 rings (SSSR count). The zero-order valence-corrected chi connectivity index (χ0v) is 23.3. The van der Waals surface area contributed by atoms with E-state index in [1.807, 2.05) is 40.9 Å². The fraction of sp³-hybridized carbons (Fsp3) is 0.406. The highest BCUT2D eigenvalue weighted by molar-refractivity contribution is 7.98. The number of hydrogen-bond donors (Lipinski definition) is 0. The van der Waals surface area contributed by atoms with Gasteiger partial charge in [0.2, 0.25) is 0 Å². The number of hydrogen-bond acceptors (Lipinski definition) is 3. The van der Waals surface area contributed by atoms with Crippen LogP contribution in [-0.2, 0) is 17.3 Å². The second kappa shape index (κ2) is 10.9. The Labute approximate surface area is 232 Å². The molecule has 0 aromatic heterocycles. The molecule has 2 fully saturated rings. The summed E-state index contributed by atoms with van der Waals surface area (Å²) in [5, 5.41) is 0. The molecule has 2 aliphatic heterocycles. The number of carbonyl (C=O) groups excluding carboxylic acids is 1. The van der Waals surface area contributed by atoms with Crippen molar-refractivity contribution < 1.29 is 22.7 Å². The van der Waals surface area contributed by atoms with Gasteiger partial charge in [0.15, 0.2) is 0 Å². The third-order valence-electron chi connectivity index (χ3n) is 7.68. The summed E-state index contributed by atoms with van der Waals surface area (Å²) in [6.07, 6.45) is -1.58.